The van der Waals surface area contributed by atoms with Crippen LogP contribution in [0.1, 0.15) is 46.0 Å². The molecular weight excluding hydrogens is 494 g/mol. The van der Waals surface area contributed by atoms with Crippen molar-refractivity contribution in [1.82, 2.24) is 0 Å². The fourth-order valence-electron chi connectivity index (χ4n) is 3.42. The second-order valence-electron chi connectivity index (χ2n) is 8.19. The number of ether oxygens (including phenoxy) is 5. The number of amides is 1. The minimum Gasteiger partial charge on any atom is -0.463 e. The highest BCUT2D eigenvalue weighted by Crippen LogP contribution is 2.29. The molecule has 1 amide bonds. The molecule has 5 unspecified atom stereocenters. The zero-order valence-electron chi connectivity index (χ0n) is 21.4. The minimum atomic E-state index is -1.78. The maximum atomic E-state index is 12.3. The van der Waals surface area contributed by atoms with Gasteiger partial charge < -0.3 is 39.6 Å². The van der Waals surface area contributed by atoms with E-state index in [1.807, 2.05) is 6.92 Å². The number of hydrogen-bond acceptors (Lipinski definition) is 12. The normalized spacial score (nSPS) is 23.5. The van der Waals surface area contributed by atoms with Gasteiger partial charge in [-0.1, -0.05) is 6.92 Å². The number of benzene rings is 1. The first-order valence-corrected chi connectivity index (χ1v) is 11.8. The highest BCUT2D eigenvalue weighted by atomic mass is 16.8. The first-order chi connectivity index (χ1) is 18.2. The van der Waals surface area contributed by atoms with E-state index in [1.54, 1.807) is 0 Å². The number of rotatable bonds is 16. The van der Waals surface area contributed by atoms with E-state index in [0.717, 1.165) is 6.42 Å². The van der Waals surface area contributed by atoms with Gasteiger partial charge in [0, 0.05) is 43.7 Å². The topological polar surface area (TPSA) is 187 Å². The van der Waals surface area contributed by atoms with Gasteiger partial charge in [-0.2, -0.15) is 0 Å². The van der Waals surface area contributed by atoms with Crippen molar-refractivity contribution in [3.8, 4) is 5.75 Å². The first-order valence-electron chi connectivity index (χ1n) is 12.3. The Bertz CT molecular complexity index is 945. The molecule has 0 saturated carbocycles. The summed E-state index contributed by atoms with van der Waals surface area (Å²) in [5, 5.41) is 32.7. The number of aliphatic hydroxyl groups excluding tert-OH is 3. The van der Waals surface area contributed by atoms with Crippen LogP contribution in [-0.4, -0.2) is 84.0 Å². The molecule has 1 aliphatic heterocycles. The first kappa shape index (κ1) is 28.5. The molecule has 0 radical (unpaired) electrons. The van der Waals surface area contributed by atoms with Gasteiger partial charge in [-0.25, -0.2) is 0 Å². The quantitative estimate of drug-likeness (QED) is 0.168. The lowest BCUT2D eigenvalue weighted by Crippen LogP contribution is -2.59. The van der Waals surface area contributed by atoms with Crippen molar-refractivity contribution >= 4 is 30.3 Å². The van der Waals surface area contributed by atoms with Gasteiger partial charge in [0.2, 0.25) is 18.5 Å². The van der Waals surface area contributed by atoms with Crippen LogP contribution in [-0.2, 0) is 44.7 Å². The van der Waals surface area contributed by atoms with Crippen LogP contribution in [0.5, 0.6) is 5.75 Å². The number of Topliss-reactive ketones (excluding diaryl/α,β-unsaturated/α-hetero) is 1. The molecule has 5 atom stereocenters. The second kappa shape index (κ2) is 15.9. The number of carbonyl (C=O) groups is 4. The van der Waals surface area contributed by atoms with E-state index in [1.165, 1.54) is 18.2 Å². The van der Waals surface area contributed by atoms with E-state index in [9.17, 15) is 34.5 Å². The average molecular weight is 529 g/mol. The maximum Gasteiger partial charge on any atom is 0.295 e. The summed E-state index contributed by atoms with van der Waals surface area (Å²) in [5.41, 5.74) is 0.414. The molecule has 0 aromatic heterocycles. The number of nitrogens with one attached hydrogen (secondary N) is 1. The van der Waals surface area contributed by atoms with Crippen molar-refractivity contribution in [1.29, 1.82) is 0 Å². The molecule has 37 heavy (non-hydrogen) atoms. The van der Waals surface area contributed by atoms with E-state index < -0.39 is 49.9 Å². The molecule has 1 heterocycles. The Labute approximate surface area is 215 Å². The lowest BCUT2D eigenvalue weighted by molar-refractivity contribution is -0.321. The van der Waals surface area contributed by atoms with Crippen LogP contribution in [0.3, 0.4) is 0 Å². The molecular formula is C24H33NO12. The Morgan fingerprint density at radius 2 is 1.84 bits per heavy atom. The Morgan fingerprint density at radius 1 is 1.08 bits per heavy atom. The van der Waals surface area contributed by atoms with Gasteiger partial charge in [0.25, 0.3) is 12.9 Å². The predicted molar refractivity (Wildman–Crippen MR) is 125 cm³/mol. The molecule has 13 heteroatoms. The molecule has 1 aromatic rings. The van der Waals surface area contributed by atoms with Crippen LogP contribution in [0, 0.1) is 0 Å². The molecule has 1 aliphatic rings. The molecule has 4 N–H and O–H groups in total. The van der Waals surface area contributed by atoms with E-state index in [0.29, 0.717) is 26.1 Å². The summed E-state index contributed by atoms with van der Waals surface area (Å²) in [6, 6.07) is 4.14. The third-order valence-electron chi connectivity index (χ3n) is 5.31. The number of ketones is 1. The van der Waals surface area contributed by atoms with Gasteiger partial charge >= 0.3 is 0 Å². The van der Waals surface area contributed by atoms with Gasteiger partial charge in [0.1, 0.15) is 36.5 Å². The van der Waals surface area contributed by atoms with E-state index in [2.05, 4.69) is 10.1 Å². The zero-order valence-corrected chi connectivity index (χ0v) is 20.4. The van der Waals surface area contributed by atoms with Crippen LogP contribution in [0.15, 0.2) is 18.2 Å². The monoisotopic (exact) mass is 528 g/mol. The lowest BCUT2D eigenvalue weighted by atomic mass is 10.0. The highest BCUT2D eigenvalue weighted by Gasteiger charge is 2.46. The van der Waals surface area contributed by atoms with Gasteiger partial charge in [-0.15, -0.1) is 0 Å². The lowest BCUT2D eigenvalue weighted by Gasteiger charge is -2.39. The van der Waals surface area contributed by atoms with Crippen molar-refractivity contribution < 1.29 is 59.6 Å². The van der Waals surface area contributed by atoms with Crippen molar-refractivity contribution in [2.45, 2.75) is 76.5 Å². The Morgan fingerprint density at radius 3 is 2.54 bits per heavy atom. The third kappa shape index (κ3) is 9.70. The van der Waals surface area contributed by atoms with Gasteiger partial charge in [-0.3, -0.25) is 23.9 Å². The largest absolute Gasteiger partial charge is 0.463 e. The summed E-state index contributed by atoms with van der Waals surface area (Å²) >= 11 is 0. The third-order valence-corrected chi connectivity index (χ3v) is 5.31. The Balaban J connectivity index is 2.02. The molecule has 13 nitrogen and oxygen atoms in total. The fraction of sp³-hybridized carbons (Fsp3) is 0.583. The molecule has 0 aliphatic carbocycles. The van der Waals surface area contributed by atoms with Gasteiger partial charge in [-0.05, 0) is 31.0 Å². The van der Waals surface area contributed by atoms with E-state index >= 15 is 0 Å². The summed E-state index contributed by atoms with van der Waals surface area (Å²) in [6.07, 6.45) is -8.05. The second-order valence-corrected chi connectivity index (χ2v) is 8.19. The molecule has 1 fully saturated rings. The standard InChI is InChI=1S/C24H33NO12/c1-2-9-33-10-3-4-17(28)6-8-19(29)25-16-5-7-18(15(11-16)12-34-13-26)36-24-22(32)20(30)21(31)23(37-24)35-14-27/h5,7,11,13-14,20-24,30-32H,2-4,6,8-10,12H2,1H3,(H,25,29)/i13D. The molecule has 1 aromatic carbocycles. The average Bonchev–Trinajstić information content (AvgIpc) is 2.88. The SMILES string of the molecule is [2H]C(=O)OCc1cc(NC(=O)CCC(=O)CCCOCCC)ccc1OC1OC(OC=O)C(O)C(O)C1O. The van der Waals surface area contributed by atoms with Crippen molar-refractivity contribution in [2.75, 3.05) is 18.5 Å². The van der Waals surface area contributed by atoms with Crippen LogP contribution in [0.2, 0.25) is 0 Å². The summed E-state index contributed by atoms with van der Waals surface area (Å²) in [5.74, 6) is -0.529. The minimum absolute atomic E-state index is 0.0123. The van der Waals surface area contributed by atoms with Crippen LogP contribution >= 0.6 is 0 Å². The smallest absolute Gasteiger partial charge is 0.295 e. The number of aliphatic hydroxyl groups is 3. The zero-order chi connectivity index (χ0) is 28.1. The molecule has 2 rings (SSSR count). The van der Waals surface area contributed by atoms with Crippen molar-refractivity contribution in [3.05, 3.63) is 23.8 Å². The molecule has 0 spiro atoms. The molecule has 1 saturated heterocycles. The number of carbonyl (C=O) groups excluding carboxylic acids is 4. The summed E-state index contributed by atoms with van der Waals surface area (Å²) in [7, 11) is 0. The van der Waals surface area contributed by atoms with Crippen molar-refractivity contribution in [2.24, 2.45) is 0 Å². The summed E-state index contributed by atoms with van der Waals surface area (Å²) in [4.78, 5) is 46.0. The van der Waals surface area contributed by atoms with Gasteiger partial charge in [0.05, 0.1) is 0 Å². The number of anilines is 1. The van der Waals surface area contributed by atoms with Crippen LogP contribution in [0.25, 0.3) is 0 Å². The molecule has 0 bridgehead atoms. The van der Waals surface area contributed by atoms with E-state index in [-0.39, 0.29) is 42.1 Å². The summed E-state index contributed by atoms with van der Waals surface area (Å²) < 4.78 is 32.3. The summed E-state index contributed by atoms with van der Waals surface area (Å²) in [6.45, 7) is 2.64. The fourth-order valence-corrected chi connectivity index (χ4v) is 3.42. The van der Waals surface area contributed by atoms with E-state index in [4.69, 9.17) is 20.3 Å². The Hall–Kier alpha value is -3.10. The molecule has 206 valence electrons. The predicted octanol–water partition coefficient (Wildman–Crippen LogP) is 0.171. The highest BCUT2D eigenvalue weighted by molar-refractivity contribution is 5.93. The van der Waals surface area contributed by atoms with Crippen molar-refractivity contribution in [3.63, 3.8) is 0 Å². The Kier molecular flexibility index (Phi) is 12.2. The van der Waals surface area contributed by atoms with Gasteiger partial charge in [0.15, 0.2) is 1.37 Å². The van der Waals surface area contributed by atoms with Crippen LogP contribution in [0.4, 0.5) is 5.69 Å². The maximum absolute atomic E-state index is 12.3. The van der Waals surface area contributed by atoms with Crippen LogP contribution < -0.4 is 10.1 Å². The number of hydrogen-bond donors (Lipinski definition) is 4.